The van der Waals surface area contributed by atoms with E-state index in [4.69, 9.17) is 5.11 Å². The number of alkyl halides is 4. The molecule has 0 aromatic heterocycles. The molecular formula is C6H8F4O2. The van der Waals surface area contributed by atoms with Crippen molar-refractivity contribution in [2.45, 2.75) is 25.7 Å². The predicted octanol–water partition coefficient (Wildman–Crippen LogP) is 2.00. The molecule has 0 saturated heterocycles. The topological polar surface area (TPSA) is 37.3 Å². The van der Waals surface area contributed by atoms with Crippen molar-refractivity contribution in [3.05, 3.63) is 0 Å². The third-order valence-corrected chi connectivity index (χ3v) is 1.52. The lowest BCUT2D eigenvalue weighted by molar-refractivity contribution is -0.247. The van der Waals surface area contributed by atoms with Crippen LogP contribution in [0, 0.1) is 5.92 Å². The first-order valence-corrected chi connectivity index (χ1v) is 3.13. The summed E-state index contributed by atoms with van der Waals surface area (Å²) < 4.78 is 48.4. The van der Waals surface area contributed by atoms with E-state index in [0.29, 0.717) is 0 Å². The van der Waals surface area contributed by atoms with Gasteiger partial charge in [-0.3, -0.25) is 0 Å². The van der Waals surface area contributed by atoms with Gasteiger partial charge in [-0.15, -0.1) is 0 Å². The zero-order valence-corrected chi connectivity index (χ0v) is 6.44. The van der Waals surface area contributed by atoms with Crippen LogP contribution in [0.3, 0.4) is 0 Å². The van der Waals surface area contributed by atoms with Gasteiger partial charge in [0.05, 0.1) is 0 Å². The highest BCUT2D eigenvalue weighted by Crippen LogP contribution is 2.39. The number of halogens is 4. The third kappa shape index (κ3) is 1.51. The van der Waals surface area contributed by atoms with Crippen molar-refractivity contribution in [1.29, 1.82) is 0 Å². The molecule has 12 heavy (non-hydrogen) atoms. The molecule has 0 bridgehead atoms. The molecule has 2 nitrogen and oxygen atoms in total. The molecule has 0 amide bonds. The second-order valence-electron chi connectivity index (χ2n) is 2.67. The second-order valence-corrected chi connectivity index (χ2v) is 2.67. The molecule has 0 radical (unpaired) electrons. The summed E-state index contributed by atoms with van der Waals surface area (Å²) in [6.45, 7) is 1.73. The van der Waals surface area contributed by atoms with Crippen molar-refractivity contribution < 1.29 is 27.5 Å². The van der Waals surface area contributed by atoms with Crippen LogP contribution in [0.15, 0.2) is 0 Å². The molecular weight excluding hydrogens is 180 g/mol. The Hall–Kier alpha value is -0.810. The average molecular weight is 188 g/mol. The molecule has 1 atom stereocenters. The van der Waals surface area contributed by atoms with E-state index in [9.17, 15) is 22.4 Å². The minimum Gasteiger partial charge on any atom is -0.479 e. The highest BCUT2D eigenvalue weighted by Gasteiger charge is 2.64. The molecule has 1 unspecified atom stereocenters. The Bertz CT molecular complexity index is 186. The van der Waals surface area contributed by atoms with Crippen LogP contribution in [0.25, 0.3) is 0 Å². The monoisotopic (exact) mass is 188 g/mol. The Balaban J connectivity index is 5.02. The molecule has 0 aliphatic rings. The maximum absolute atomic E-state index is 12.8. The summed E-state index contributed by atoms with van der Waals surface area (Å²) in [5.74, 6) is -4.14. The Labute approximate surface area is 66.2 Å². The van der Waals surface area contributed by atoms with Gasteiger partial charge < -0.3 is 5.11 Å². The zero-order valence-electron chi connectivity index (χ0n) is 6.44. The van der Waals surface area contributed by atoms with Crippen LogP contribution in [0.4, 0.5) is 17.6 Å². The number of hydrogen-bond donors (Lipinski definition) is 1. The maximum atomic E-state index is 12.8. The normalized spacial score (nSPS) is 17.6. The van der Waals surface area contributed by atoms with Crippen LogP contribution in [-0.2, 0) is 4.79 Å². The number of aliphatic carboxylic acids is 1. The van der Waals surface area contributed by atoms with Gasteiger partial charge in [-0.25, -0.2) is 9.18 Å². The highest BCUT2D eigenvalue weighted by atomic mass is 19.4. The molecule has 0 rings (SSSR count). The molecule has 0 aliphatic carbocycles. The van der Waals surface area contributed by atoms with E-state index in [1.54, 1.807) is 0 Å². The quantitative estimate of drug-likeness (QED) is 0.673. The van der Waals surface area contributed by atoms with E-state index in [1.807, 2.05) is 0 Å². The van der Waals surface area contributed by atoms with E-state index in [1.165, 1.54) is 0 Å². The van der Waals surface area contributed by atoms with Crippen molar-refractivity contribution in [1.82, 2.24) is 0 Å². The van der Waals surface area contributed by atoms with Gasteiger partial charge in [0.25, 0.3) is 0 Å². The van der Waals surface area contributed by atoms with Crippen LogP contribution < -0.4 is 0 Å². The molecule has 0 saturated carbocycles. The standard InChI is InChI=1S/C6H8F4O2/c1-3(2)5(7,4(11)12)6(8,9)10/h3H,1-2H3,(H,11,12). The lowest BCUT2D eigenvalue weighted by Crippen LogP contribution is -2.52. The van der Waals surface area contributed by atoms with Crippen molar-refractivity contribution in [2.24, 2.45) is 5.92 Å². The van der Waals surface area contributed by atoms with Gasteiger partial charge in [-0.1, -0.05) is 13.8 Å². The van der Waals surface area contributed by atoms with Crippen LogP contribution in [0.2, 0.25) is 0 Å². The van der Waals surface area contributed by atoms with Gasteiger partial charge in [-0.2, -0.15) is 13.2 Å². The van der Waals surface area contributed by atoms with Crippen molar-refractivity contribution in [3.8, 4) is 0 Å². The lowest BCUT2D eigenvalue weighted by atomic mass is 9.92. The van der Waals surface area contributed by atoms with Crippen molar-refractivity contribution >= 4 is 5.97 Å². The van der Waals surface area contributed by atoms with Crippen LogP contribution in [0.5, 0.6) is 0 Å². The van der Waals surface area contributed by atoms with Gasteiger partial charge in [-0.05, 0) is 0 Å². The number of carboxylic acid groups (broad SMARTS) is 1. The first kappa shape index (κ1) is 11.2. The zero-order chi connectivity index (χ0) is 10.2. The first-order chi connectivity index (χ1) is 5.14. The Morgan fingerprint density at radius 1 is 1.25 bits per heavy atom. The first-order valence-electron chi connectivity index (χ1n) is 3.13. The Morgan fingerprint density at radius 3 is 1.58 bits per heavy atom. The summed E-state index contributed by atoms with van der Waals surface area (Å²) in [5, 5.41) is 8.04. The summed E-state index contributed by atoms with van der Waals surface area (Å²) in [5.41, 5.74) is -4.15. The molecule has 72 valence electrons. The number of hydrogen-bond acceptors (Lipinski definition) is 1. The van der Waals surface area contributed by atoms with E-state index in [2.05, 4.69) is 0 Å². The summed E-state index contributed by atoms with van der Waals surface area (Å²) in [6.07, 6.45) is -5.37. The summed E-state index contributed by atoms with van der Waals surface area (Å²) in [4.78, 5) is 10.0. The van der Waals surface area contributed by atoms with Gasteiger partial charge in [0.2, 0.25) is 0 Å². The van der Waals surface area contributed by atoms with E-state index in [0.717, 1.165) is 13.8 Å². The highest BCUT2D eigenvalue weighted by molar-refractivity contribution is 5.78. The lowest BCUT2D eigenvalue weighted by Gasteiger charge is -2.26. The fourth-order valence-electron chi connectivity index (χ4n) is 0.696. The molecule has 0 spiro atoms. The van der Waals surface area contributed by atoms with Gasteiger partial charge >= 0.3 is 17.8 Å². The van der Waals surface area contributed by atoms with Crippen LogP contribution >= 0.6 is 0 Å². The van der Waals surface area contributed by atoms with Crippen molar-refractivity contribution in [3.63, 3.8) is 0 Å². The Kier molecular flexibility index (Phi) is 2.72. The van der Waals surface area contributed by atoms with E-state index >= 15 is 0 Å². The largest absolute Gasteiger partial charge is 0.479 e. The molecule has 6 heteroatoms. The molecule has 0 heterocycles. The Morgan fingerprint density at radius 2 is 1.58 bits per heavy atom. The fraction of sp³-hybridized carbons (Fsp3) is 0.833. The van der Waals surface area contributed by atoms with Gasteiger partial charge in [0, 0.05) is 5.92 Å². The number of rotatable bonds is 2. The van der Waals surface area contributed by atoms with Gasteiger partial charge in [0.1, 0.15) is 0 Å². The molecule has 0 aliphatic heterocycles. The summed E-state index contributed by atoms with van der Waals surface area (Å²) in [7, 11) is 0. The SMILES string of the molecule is CC(C)C(F)(C(=O)O)C(F)(F)F. The minimum atomic E-state index is -5.37. The van der Waals surface area contributed by atoms with Crippen LogP contribution in [0.1, 0.15) is 13.8 Å². The smallest absolute Gasteiger partial charge is 0.433 e. The predicted molar refractivity (Wildman–Crippen MR) is 32.4 cm³/mol. The summed E-state index contributed by atoms with van der Waals surface area (Å²) >= 11 is 0. The minimum absolute atomic E-state index is 0.863. The number of carbonyl (C=O) groups is 1. The van der Waals surface area contributed by atoms with Crippen molar-refractivity contribution in [2.75, 3.05) is 0 Å². The van der Waals surface area contributed by atoms with Gasteiger partial charge in [0.15, 0.2) is 0 Å². The van der Waals surface area contributed by atoms with E-state index in [-0.39, 0.29) is 0 Å². The van der Waals surface area contributed by atoms with E-state index < -0.39 is 23.7 Å². The average Bonchev–Trinajstić information content (AvgIpc) is 1.82. The molecule has 1 N–H and O–H groups in total. The molecule has 0 fully saturated rings. The van der Waals surface area contributed by atoms with Crippen LogP contribution in [-0.4, -0.2) is 22.9 Å². The molecule has 0 aromatic rings. The number of carboxylic acids is 1. The third-order valence-electron chi connectivity index (χ3n) is 1.52. The second kappa shape index (κ2) is 2.91. The maximum Gasteiger partial charge on any atom is 0.433 e. The molecule has 0 aromatic carbocycles. The fourth-order valence-corrected chi connectivity index (χ4v) is 0.696. The summed E-state index contributed by atoms with van der Waals surface area (Å²) in [6, 6.07) is 0.